The second-order valence-electron chi connectivity index (χ2n) is 4.75. The maximum absolute atomic E-state index is 4.13. The normalized spacial score (nSPS) is 16.2. The van der Waals surface area contributed by atoms with E-state index in [1.54, 1.807) is 0 Å². The first-order valence-corrected chi connectivity index (χ1v) is 6.60. The van der Waals surface area contributed by atoms with E-state index in [1.165, 1.54) is 25.9 Å². The van der Waals surface area contributed by atoms with Crippen molar-refractivity contribution >= 4 is 16.6 Å². The summed E-state index contributed by atoms with van der Waals surface area (Å²) in [6, 6.07) is 8.11. The molecule has 0 aliphatic carbocycles. The predicted molar refractivity (Wildman–Crippen MR) is 73.7 cm³/mol. The van der Waals surface area contributed by atoms with Crippen molar-refractivity contribution in [3.8, 4) is 0 Å². The molecule has 1 fully saturated rings. The number of hydrogen-bond donors (Lipinski definition) is 1. The van der Waals surface area contributed by atoms with Gasteiger partial charge in [0.1, 0.15) is 0 Å². The van der Waals surface area contributed by atoms with Crippen LogP contribution < -0.4 is 5.32 Å². The number of anilines is 1. The Bertz CT molecular complexity index is 515. The van der Waals surface area contributed by atoms with Gasteiger partial charge in [-0.15, -0.1) is 0 Å². The van der Waals surface area contributed by atoms with E-state index in [2.05, 4.69) is 26.5 Å². The lowest BCUT2D eigenvalue weighted by molar-refractivity contribution is 0.353. The number of nitrogens with zero attached hydrogens (tertiary/aromatic N) is 3. The van der Waals surface area contributed by atoms with Gasteiger partial charge in [-0.2, -0.15) is 10.2 Å². The zero-order valence-corrected chi connectivity index (χ0v) is 10.5. The molecule has 2 heterocycles. The third kappa shape index (κ3) is 2.43. The van der Waals surface area contributed by atoms with Crippen LogP contribution in [0.1, 0.15) is 12.8 Å². The second kappa shape index (κ2) is 5.31. The largest absolute Gasteiger partial charge is 0.382 e. The van der Waals surface area contributed by atoms with Crippen molar-refractivity contribution in [2.45, 2.75) is 12.8 Å². The minimum Gasteiger partial charge on any atom is -0.382 e. The highest BCUT2D eigenvalue weighted by molar-refractivity contribution is 5.90. The summed E-state index contributed by atoms with van der Waals surface area (Å²) in [5.74, 6) is 0. The highest BCUT2D eigenvalue weighted by Gasteiger charge is 2.10. The van der Waals surface area contributed by atoms with Crippen LogP contribution >= 0.6 is 0 Å². The maximum atomic E-state index is 4.13. The monoisotopic (exact) mass is 242 g/mol. The Morgan fingerprint density at radius 3 is 2.89 bits per heavy atom. The van der Waals surface area contributed by atoms with Gasteiger partial charge < -0.3 is 10.2 Å². The highest BCUT2D eigenvalue weighted by Crippen LogP contribution is 2.19. The van der Waals surface area contributed by atoms with Crippen LogP contribution in [0.15, 0.2) is 30.5 Å². The number of likely N-dealkylation sites (tertiary alicyclic amines) is 1. The zero-order valence-electron chi connectivity index (χ0n) is 10.5. The number of benzene rings is 1. The minimum absolute atomic E-state index is 0.948. The van der Waals surface area contributed by atoms with Gasteiger partial charge in [0, 0.05) is 18.5 Å². The van der Waals surface area contributed by atoms with Crippen LogP contribution in [0.4, 0.5) is 5.69 Å². The third-order valence-corrected chi connectivity index (χ3v) is 3.49. The van der Waals surface area contributed by atoms with E-state index in [0.29, 0.717) is 0 Å². The summed E-state index contributed by atoms with van der Waals surface area (Å²) < 4.78 is 0. The van der Waals surface area contributed by atoms with Crippen molar-refractivity contribution in [2.24, 2.45) is 0 Å². The number of aromatic nitrogens is 2. The second-order valence-corrected chi connectivity index (χ2v) is 4.75. The molecule has 1 aromatic heterocycles. The average molecular weight is 242 g/mol. The van der Waals surface area contributed by atoms with Gasteiger partial charge in [-0.25, -0.2) is 0 Å². The number of hydrogen-bond acceptors (Lipinski definition) is 4. The minimum atomic E-state index is 0.948. The van der Waals surface area contributed by atoms with Crippen molar-refractivity contribution < 1.29 is 0 Å². The van der Waals surface area contributed by atoms with Crippen molar-refractivity contribution in [1.82, 2.24) is 15.1 Å². The summed E-state index contributed by atoms with van der Waals surface area (Å²) in [5, 5.41) is 12.8. The van der Waals surface area contributed by atoms with Crippen LogP contribution in [-0.2, 0) is 0 Å². The molecule has 1 saturated heterocycles. The van der Waals surface area contributed by atoms with Crippen LogP contribution in [0.2, 0.25) is 0 Å². The first-order valence-electron chi connectivity index (χ1n) is 6.60. The number of nitrogens with one attached hydrogen (secondary N) is 1. The Morgan fingerprint density at radius 1 is 1.17 bits per heavy atom. The molecule has 1 aliphatic rings. The molecule has 3 rings (SSSR count). The van der Waals surface area contributed by atoms with Crippen LogP contribution in [0.3, 0.4) is 0 Å². The molecule has 1 aromatic carbocycles. The summed E-state index contributed by atoms with van der Waals surface area (Å²) in [7, 11) is 0. The Kier molecular flexibility index (Phi) is 3.37. The Hall–Kier alpha value is -1.68. The Balaban J connectivity index is 1.66. The smallest absolute Gasteiger partial charge is 0.0950 e. The predicted octanol–water partition coefficient (Wildman–Crippen LogP) is 2.14. The summed E-state index contributed by atoms with van der Waals surface area (Å²) in [5.41, 5.74) is 2.03. The van der Waals surface area contributed by atoms with Crippen LogP contribution in [-0.4, -0.2) is 41.3 Å². The molecule has 2 aromatic rings. The molecular formula is C14H18N4. The Labute approximate surface area is 107 Å². The number of rotatable bonds is 4. The lowest BCUT2D eigenvalue weighted by Gasteiger charge is -2.15. The van der Waals surface area contributed by atoms with Crippen LogP contribution in [0.5, 0.6) is 0 Å². The lowest BCUT2D eigenvalue weighted by atomic mass is 10.2. The van der Waals surface area contributed by atoms with Gasteiger partial charge in [0.15, 0.2) is 0 Å². The molecule has 94 valence electrons. The molecule has 0 radical (unpaired) electrons. The quantitative estimate of drug-likeness (QED) is 0.891. The van der Waals surface area contributed by atoms with E-state index >= 15 is 0 Å². The van der Waals surface area contributed by atoms with E-state index in [9.17, 15) is 0 Å². The molecule has 4 heteroatoms. The molecule has 18 heavy (non-hydrogen) atoms. The summed E-state index contributed by atoms with van der Waals surface area (Å²) >= 11 is 0. The fourth-order valence-electron chi connectivity index (χ4n) is 2.50. The molecule has 0 amide bonds. The van der Waals surface area contributed by atoms with Crippen molar-refractivity contribution in [2.75, 3.05) is 31.5 Å². The Morgan fingerprint density at radius 2 is 2.00 bits per heavy atom. The van der Waals surface area contributed by atoms with Gasteiger partial charge in [0.25, 0.3) is 0 Å². The topological polar surface area (TPSA) is 41.0 Å². The molecule has 0 saturated carbocycles. The first-order chi connectivity index (χ1) is 8.93. The number of fused-ring (bicyclic) bond motifs is 1. The van der Waals surface area contributed by atoms with E-state index < -0.39 is 0 Å². The summed E-state index contributed by atoms with van der Waals surface area (Å²) in [6.45, 7) is 4.57. The van der Waals surface area contributed by atoms with E-state index in [0.717, 1.165) is 29.7 Å². The average Bonchev–Trinajstić information content (AvgIpc) is 2.92. The molecule has 0 unspecified atom stereocenters. The van der Waals surface area contributed by atoms with Crippen molar-refractivity contribution in [1.29, 1.82) is 0 Å². The molecule has 0 spiro atoms. The summed E-state index contributed by atoms with van der Waals surface area (Å²) in [6.07, 6.45) is 4.51. The molecule has 1 aliphatic heterocycles. The molecular weight excluding hydrogens is 224 g/mol. The van der Waals surface area contributed by atoms with Gasteiger partial charge in [-0.1, -0.05) is 18.2 Å². The lowest BCUT2D eigenvalue weighted by Crippen LogP contribution is -2.26. The van der Waals surface area contributed by atoms with Gasteiger partial charge in [0.2, 0.25) is 0 Å². The van der Waals surface area contributed by atoms with Gasteiger partial charge >= 0.3 is 0 Å². The molecule has 1 N–H and O–H groups in total. The fraction of sp³-hybridized carbons (Fsp3) is 0.429. The molecule has 0 atom stereocenters. The zero-order chi connectivity index (χ0) is 12.2. The summed E-state index contributed by atoms with van der Waals surface area (Å²) in [4.78, 5) is 2.50. The van der Waals surface area contributed by atoms with Gasteiger partial charge in [-0.3, -0.25) is 0 Å². The van der Waals surface area contributed by atoms with E-state index in [1.807, 2.05) is 24.4 Å². The van der Waals surface area contributed by atoms with E-state index in [4.69, 9.17) is 0 Å². The highest BCUT2D eigenvalue weighted by atomic mass is 15.2. The fourth-order valence-corrected chi connectivity index (χ4v) is 2.50. The maximum Gasteiger partial charge on any atom is 0.0950 e. The third-order valence-electron chi connectivity index (χ3n) is 3.49. The van der Waals surface area contributed by atoms with Gasteiger partial charge in [-0.05, 0) is 32.0 Å². The van der Waals surface area contributed by atoms with Gasteiger partial charge in [0.05, 0.1) is 17.4 Å². The van der Waals surface area contributed by atoms with Crippen molar-refractivity contribution in [3.05, 3.63) is 30.5 Å². The SMILES string of the molecule is c1ccc2c(NCCN3CCCC3)cnnc2c1. The molecule has 0 bridgehead atoms. The van der Waals surface area contributed by atoms with Crippen LogP contribution in [0, 0.1) is 0 Å². The first kappa shape index (κ1) is 11.4. The molecule has 4 nitrogen and oxygen atoms in total. The standard InChI is InChI=1S/C14H18N4/c1-2-6-13-12(5-1)14(11-16-17-13)15-7-10-18-8-3-4-9-18/h1-2,5-6,11H,3-4,7-10H2,(H,15,17). The van der Waals surface area contributed by atoms with Crippen LogP contribution in [0.25, 0.3) is 10.9 Å². The van der Waals surface area contributed by atoms with Crippen molar-refractivity contribution in [3.63, 3.8) is 0 Å². The van der Waals surface area contributed by atoms with E-state index in [-0.39, 0.29) is 0 Å².